The molecule has 1 amide bonds. The lowest BCUT2D eigenvalue weighted by atomic mass is 9.99. The average molecular weight is 475 g/mol. The van der Waals surface area contributed by atoms with E-state index < -0.39 is 0 Å². The lowest BCUT2D eigenvalue weighted by molar-refractivity contribution is 0.0939. The molecule has 7 nitrogen and oxygen atoms in total. The second-order valence-corrected chi connectivity index (χ2v) is 9.35. The van der Waals surface area contributed by atoms with E-state index in [2.05, 4.69) is 28.2 Å². The third kappa shape index (κ3) is 5.57. The van der Waals surface area contributed by atoms with Gasteiger partial charge in [0, 0.05) is 56.7 Å². The molecule has 184 valence electrons. The molecule has 1 saturated heterocycles. The van der Waals surface area contributed by atoms with Gasteiger partial charge in [0.1, 0.15) is 5.75 Å². The van der Waals surface area contributed by atoms with Gasteiger partial charge in [0.05, 0.1) is 13.2 Å². The van der Waals surface area contributed by atoms with Crippen molar-refractivity contribution in [1.29, 1.82) is 0 Å². The zero-order valence-electron chi connectivity index (χ0n) is 21.2. The minimum atomic E-state index is -0.240. The number of methoxy groups -OCH3 is 1. The minimum absolute atomic E-state index is 0.0633. The van der Waals surface area contributed by atoms with Crippen LogP contribution in [0.4, 0.5) is 5.69 Å². The lowest BCUT2D eigenvalue weighted by Gasteiger charge is -2.34. The number of piperazine rings is 1. The second kappa shape index (κ2) is 10.4. The Hall–Kier alpha value is -3.58. The molecule has 0 bridgehead atoms. The summed E-state index contributed by atoms with van der Waals surface area (Å²) in [6, 6.07) is 15.1. The number of carbonyl (C=O) groups excluding carboxylic acids is 1. The summed E-state index contributed by atoms with van der Waals surface area (Å²) in [6.07, 6.45) is 1.80. The van der Waals surface area contributed by atoms with Crippen molar-refractivity contribution in [2.45, 2.75) is 19.9 Å². The van der Waals surface area contributed by atoms with Gasteiger partial charge < -0.3 is 24.4 Å². The van der Waals surface area contributed by atoms with E-state index in [1.807, 2.05) is 44.2 Å². The first kappa shape index (κ1) is 24.5. The maximum Gasteiger partial charge on any atom is 0.252 e. The summed E-state index contributed by atoms with van der Waals surface area (Å²) < 4.78 is 7.08. The fourth-order valence-corrected chi connectivity index (χ4v) is 4.39. The van der Waals surface area contributed by atoms with E-state index in [1.165, 1.54) is 0 Å². The number of nitrogens with one attached hydrogen (secondary N) is 1. The first-order valence-electron chi connectivity index (χ1n) is 12.0. The number of anilines is 1. The molecule has 2 aromatic carbocycles. The van der Waals surface area contributed by atoms with Crippen molar-refractivity contribution in [2.24, 2.45) is 7.05 Å². The normalized spacial score (nSPS) is 15.1. The van der Waals surface area contributed by atoms with Gasteiger partial charge in [0.2, 0.25) is 5.56 Å². The molecule has 1 unspecified atom stereocenters. The highest BCUT2D eigenvalue weighted by Crippen LogP contribution is 2.29. The Morgan fingerprint density at radius 1 is 0.971 bits per heavy atom. The molecule has 0 aliphatic carbocycles. The van der Waals surface area contributed by atoms with Crippen molar-refractivity contribution in [3.8, 4) is 16.9 Å². The van der Waals surface area contributed by atoms with Gasteiger partial charge in [-0.15, -0.1) is 0 Å². The number of benzene rings is 2. The van der Waals surface area contributed by atoms with Gasteiger partial charge in [-0.3, -0.25) is 9.59 Å². The van der Waals surface area contributed by atoms with Crippen LogP contribution in [-0.4, -0.2) is 55.7 Å². The summed E-state index contributed by atoms with van der Waals surface area (Å²) in [5.41, 5.74) is 5.41. The Morgan fingerprint density at radius 3 is 2.40 bits per heavy atom. The van der Waals surface area contributed by atoms with E-state index in [0.29, 0.717) is 11.3 Å². The van der Waals surface area contributed by atoms with Crippen LogP contribution >= 0.6 is 0 Å². The number of likely N-dealkylation sites (N-methyl/N-ethyl adjacent to an activating group) is 1. The third-order valence-corrected chi connectivity index (χ3v) is 6.77. The van der Waals surface area contributed by atoms with Crippen LogP contribution in [0.1, 0.15) is 34.5 Å². The molecular formula is C28H34N4O3. The minimum Gasteiger partial charge on any atom is -0.497 e. The van der Waals surface area contributed by atoms with Gasteiger partial charge in [-0.25, -0.2) is 0 Å². The van der Waals surface area contributed by atoms with Crippen LogP contribution in [-0.2, 0) is 7.05 Å². The number of amides is 1. The molecule has 3 aromatic rings. The predicted octanol–water partition coefficient (Wildman–Crippen LogP) is 3.61. The van der Waals surface area contributed by atoms with Crippen LogP contribution < -0.4 is 20.5 Å². The summed E-state index contributed by atoms with van der Waals surface area (Å²) in [5.74, 6) is 0.596. The van der Waals surface area contributed by atoms with Crippen molar-refractivity contribution in [1.82, 2.24) is 14.8 Å². The summed E-state index contributed by atoms with van der Waals surface area (Å²) in [6.45, 7) is 7.87. The van der Waals surface area contributed by atoms with Gasteiger partial charge >= 0.3 is 0 Å². The van der Waals surface area contributed by atoms with Gasteiger partial charge in [0.25, 0.3) is 5.91 Å². The fourth-order valence-electron chi connectivity index (χ4n) is 4.39. The van der Waals surface area contributed by atoms with Gasteiger partial charge in [-0.1, -0.05) is 6.07 Å². The molecule has 1 aliphatic rings. The number of ether oxygens (including phenoxy) is 1. The highest BCUT2D eigenvalue weighted by Gasteiger charge is 2.19. The van der Waals surface area contributed by atoms with E-state index in [4.69, 9.17) is 4.74 Å². The van der Waals surface area contributed by atoms with Crippen LogP contribution in [0.25, 0.3) is 11.1 Å². The predicted molar refractivity (Wildman–Crippen MR) is 140 cm³/mol. The van der Waals surface area contributed by atoms with Crippen LogP contribution in [0.15, 0.2) is 59.5 Å². The molecule has 0 saturated carbocycles. The monoisotopic (exact) mass is 474 g/mol. The smallest absolute Gasteiger partial charge is 0.252 e. The molecule has 4 rings (SSSR count). The molecule has 1 aromatic heterocycles. The highest BCUT2D eigenvalue weighted by atomic mass is 16.5. The van der Waals surface area contributed by atoms with E-state index in [0.717, 1.165) is 54.1 Å². The van der Waals surface area contributed by atoms with E-state index in [-0.39, 0.29) is 17.5 Å². The molecule has 35 heavy (non-hydrogen) atoms. The Bertz CT molecular complexity index is 1280. The summed E-state index contributed by atoms with van der Waals surface area (Å²) >= 11 is 0. The Morgan fingerprint density at radius 2 is 1.71 bits per heavy atom. The number of hydrogen-bond acceptors (Lipinski definition) is 5. The van der Waals surface area contributed by atoms with E-state index in [9.17, 15) is 9.59 Å². The molecule has 1 atom stereocenters. The standard InChI is InChI=1S/C28H34N4O3/c1-19-6-8-24(32-12-10-30(3)11-13-32)17-26(19)28(34)29-20(2)22-14-23(16-25(15-22)35-5)21-7-9-27(33)31(4)18-21/h6-9,14-18,20H,10-13H2,1-5H3,(H,29,34). The van der Waals surface area contributed by atoms with Crippen molar-refractivity contribution < 1.29 is 9.53 Å². The molecule has 0 spiro atoms. The first-order chi connectivity index (χ1) is 16.7. The molecule has 0 radical (unpaired) electrons. The topological polar surface area (TPSA) is 66.8 Å². The molecule has 1 fully saturated rings. The van der Waals surface area contributed by atoms with Crippen molar-refractivity contribution in [3.63, 3.8) is 0 Å². The quantitative estimate of drug-likeness (QED) is 0.591. The summed E-state index contributed by atoms with van der Waals surface area (Å²) in [5, 5.41) is 3.16. The molecule has 2 heterocycles. The SMILES string of the molecule is COc1cc(-c2ccc(=O)n(C)c2)cc(C(C)NC(=O)c2cc(N3CCN(C)CC3)ccc2C)c1. The van der Waals surface area contributed by atoms with Gasteiger partial charge in [-0.2, -0.15) is 0 Å². The number of aryl methyl sites for hydroxylation is 2. The van der Waals surface area contributed by atoms with E-state index >= 15 is 0 Å². The van der Waals surface area contributed by atoms with Crippen LogP contribution in [0.2, 0.25) is 0 Å². The summed E-state index contributed by atoms with van der Waals surface area (Å²) in [4.78, 5) is 29.8. The number of nitrogens with zero attached hydrogens (tertiary/aromatic N) is 3. The second-order valence-electron chi connectivity index (χ2n) is 9.35. The van der Waals surface area contributed by atoms with Crippen LogP contribution in [0, 0.1) is 6.92 Å². The first-order valence-corrected chi connectivity index (χ1v) is 12.0. The number of carbonyl (C=O) groups is 1. The van der Waals surface area contributed by atoms with E-state index in [1.54, 1.807) is 37.1 Å². The Labute approximate surface area is 206 Å². The summed E-state index contributed by atoms with van der Waals surface area (Å²) in [7, 11) is 5.49. The third-order valence-electron chi connectivity index (χ3n) is 6.77. The number of aromatic nitrogens is 1. The Balaban J connectivity index is 1.57. The number of hydrogen-bond donors (Lipinski definition) is 1. The maximum absolute atomic E-state index is 13.3. The zero-order chi connectivity index (χ0) is 25.1. The van der Waals surface area contributed by atoms with Crippen molar-refractivity contribution in [2.75, 3.05) is 45.2 Å². The lowest BCUT2D eigenvalue weighted by Crippen LogP contribution is -2.44. The molecule has 1 N–H and O–H groups in total. The molecule has 7 heteroatoms. The van der Waals surface area contributed by atoms with Crippen molar-refractivity contribution in [3.05, 3.63) is 81.8 Å². The fraction of sp³-hybridized carbons (Fsp3) is 0.357. The highest BCUT2D eigenvalue weighted by molar-refractivity contribution is 5.97. The van der Waals surface area contributed by atoms with Gasteiger partial charge in [-0.05, 0) is 79.5 Å². The van der Waals surface area contributed by atoms with Crippen molar-refractivity contribution >= 4 is 11.6 Å². The average Bonchev–Trinajstić information content (AvgIpc) is 2.86. The van der Waals surface area contributed by atoms with Crippen LogP contribution in [0.5, 0.6) is 5.75 Å². The number of pyridine rings is 1. The molecular weight excluding hydrogens is 440 g/mol. The zero-order valence-corrected chi connectivity index (χ0v) is 21.2. The maximum atomic E-state index is 13.3. The number of rotatable bonds is 6. The largest absolute Gasteiger partial charge is 0.497 e. The Kier molecular flexibility index (Phi) is 7.26. The van der Waals surface area contributed by atoms with Crippen LogP contribution in [0.3, 0.4) is 0 Å². The van der Waals surface area contributed by atoms with Gasteiger partial charge in [0.15, 0.2) is 0 Å². The molecule has 1 aliphatic heterocycles.